The highest BCUT2D eigenvalue weighted by molar-refractivity contribution is 7.83. The minimum Gasteiger partial charge on any atom is -0.379 e. The second-order valence-corrected chi connectivity index (χ2v) is 19.4. The second kappa shape index (κ2) is 12.1. The summed E-state index contributed by atoms with van der Waals surface area (Å²) >= 11 is 0. The van der Waals surface area contributed by atoms with Crippen molar-refractivity contribution in [2.24, 2.45) is 13.5 Å². The zero-order chi connectivity index (χ0) is 26.2. The van der Waals surface area contributed by atoms with Crippen LogP contribution < -0.4 is 0 Å². The van der Waals surface area contributed by atoms with Crippen molar-refractivity contribution in [2.45, 2.75) is 0 Å². The van der Waals surface area contributed by atoms with Crippen molar-refractivity contribution < 1.29 is 23.7 Å². The van der Waals surface area contributed by atoms with E-state index in [4.69, 9.17) is 37.2 Å². The highest BCUT2D eigenvalue weighted by Gasteiger charge is 2.54. The number of ether oxygens (including phenoxy) is 5. The van der Waals surface area contributed by atoms with Crippen LogP contribution in [0.25, 0.3) is 0 Å². The van der Waals surface area contributed by atoms with Gasteiger partial charge in [0.2, 0.25) is 22.5 Å². The van der Waals surface area contributed by atoms with E-state index in [2.05, 4.69) is 28.0 Å². The Morgan fingerprint density at radius 3 is 0.641 bits per heavy atom. The van der Waals surface area contributed by atoms with Gasteiger partial charge in [-0.1, -0.05) is 0 Å². The SMILES string of the molecule is C1CN(P2(N3CCOCC3)=NP(N3CCOCC3)(N3CCOCC3)=NP(N3CCOCC3)(N3CC3)=N2)CCO1. The third kappa shape index (κ3) is 5.31. The van der Waals surface area contributed by atoms with E-state index in [0.717, 1.165) is 145 Å². The number of hydrogen-bond donors (Lipinski definition) is 0. The molecule has 14 nitrogen and oxygen atoms in total. The third-order valence-electron chi connectivity index (χ3n) is 8.36. The fraction of sp³-hybridized carbons (Fsp3) is 1.00. The van der Waals surface area contributed by atoms with Gasteiger partial charge in [-0.2, -0.15) is 13.5 Å². The van der Waals surface area contributed by atoms with Crippen molar-refractivity contribution in [1.82, 2.24) is 28.0 Å². The summed E-state index contributed by atoms with van der Waals surface area (Å²) in [6.45, 7) is 17.9. The summed E-state index contributed by atoms with van der Waals surface area (Å²) in [6, 6.07) is 0. The molecule has 39 heavy (non-hydrogen) atoms. The van der Waals surface area contributed by atoms with Crippen LogP contribution in [0.5, 0.6) is 0 Å². The van der Waals surface area contributed by atoms with Crippen LogP contribution in [0.3, 0.4) is 0 Å². The molecule has 0 aromatic rings. The van der Waals surface area contributed by atoms with Gasteiger partial charge < -0.3 is 23.7 Å². The van der Waals surface area contributed by atoms with Gasteiger partial charge in [0, 0.05) is 78.5 Å². The quantitative estimate of drug-likeness (QED) is 0.327. The van der Waals surface area contributed by atoms with Gasteiger partial charge in [0.25, 0.3) is 0 Å². The molecule has 6 fully saturated rings. The van der Waals surface area contributed by atoms with Crippen molar-refractivity contribution in [3.8, 4) is 0 Å². The number of morpholine rings is 5. The van der Waals surface area contributed by atoms with Crippen LogP contribution in [-0.2, 0) is 23.7 Å². The Bertz CT molecular complexity index is 949. The largest absolute Gasteiger partial charge is 0.379 e. The molecule has 1 unspecified atom stereocenters. The van der Waals surface area contributed by atoms with E-state index in [9.17, 15) is 0 Å². The van der Waals surface area contributed by atoms with E-state index in [-0.39, 0.29) is 0 Å². The highest BCUT2D eigenvalue weighted by Crippen LogP contribution is 2.84. The van der Waals surface area contributed by atoms with Crippen LogP contribution >= 0.6 is 22.5 Å². The van der Waals surface area contributed by atoms with Crippen LogP contribution in [0.15, 0.2) is 13.5 Å². The van der Waals surface area contributed by atoms with Gasteiger partial charge in [-0.15, -0.1) is 0 Å². The molecule has 0 aliphatic carbocycles. The molecule has 0 N–H and O–H groups in total. The first-order chi connectivity index (χ1) is 19.3. The molecular formula is C22H44N9O5P3. The van der Waals surface area contributed by atoms with Gasteiger partial charge in [-0.25, -0.2) is 28.0 Å². The standard InChI is InChI=1S/C22H44N9O5P3/c1-2-26(1)37(27-3-13-32-14-4-27)23-38(28-5-15-33-16-6-28,29-7-17-34-18-8-29)25-39(24-37,30-9-19-35-20-10-30)31-11-21-36-22-12-31/h1-22H2. The van der Waals surface area contributed by atoms with E-state index < -0.39 is 22.5 Å². The Morgan fingerprint density at radius 2 is 0.462 bits per heavy atom. The normalized spacial score (nSPS) is 36.0. The van der Waals surface area contributed by atoms with Crippen LogP contribution in [-0.4, -0.2) is 173 Å². The zero-order valence-corrected chi connectivity index (χ0v) is 25.6. The van der Waals surface area contributed by atoms with Crippen molar-refractivity contribution in [1.29, 1.82) is 0 Å². The molecule has 7 aliphatic rings. The first kappa shape index (κ1) is 28.0. The van der Waals surface area contributed by atoms with Crippen LogP contribution in [0, 0.1) is 0 Å². The lowest BCUT2D eigenvalue weighted by atomic mass is 10.5. The summed E-state index contributed by atoms with van der Waals surface area (Å²) in [7, 11) is -7.48. The predicted molar refractivity (Wildman–Crippen MR) is 152 cm³/mol. The molecular weight excluding hydrogens is 563 g/mol. The second-order valence-electron chi connectivity index (χ2n) is 10.7. The molecule has 1 atom stereocenters. The molecule has 7 rings (SSSR count). The summed E-state index contributed by atoms with van der Waals surface area (Å²) in [6.07, 6.45) is 0. The molecule has 0 aromatic heterocycles. The van der Waals surface area contributed by atoms with Crippen molar-refractivity contribution >= 4 is 22.5 Å². The van der Waals surface area contributed by atoms with E-state index in [1.807, 2.05) is 0 Å². The molecule has 7 aliphatic heterocycles. The Labute approximate surface area is 232 Å². The lowest BCUT2D eigenvalue weighted by Gasteiger charge is -2.53. The van der Waals surface area contributed by atoms with Gasteiger partial charge in [0.05, 0.1) is 66.1 Å². The Hall–Kier alpha value is 0.250. The molecule has 0 saturated carbocycles. The van der Waals surface area contributed by atoms with Gasteiger partial charge in [-0.3, -0.25) is 0 Å². The third-order valence-corrected chi connectivity index (χ3v) is 21.1. The number of rotatable bonds is 6. The maximum Gasteiger partial charge on any atom is 0.221 e. The van der Waals surface area contributed by atoms with Crippen molar-refractivity contribution in [3.05, 3.63) is 0 Å². The fourth-order valence-corrected chi connectivity index (χ4v) is 22.1. The molecule has 7 heterocycles. The zero-order valence-electron chi connectivity index (χ0n) is 23.0. The summed E-state index contributed by atoms with van der Waals surface area (Å²) < 4.78 is 63.4. The van der Waals surface area contributed by atoms with Gasteiger partial charge in [-0.05, 0) is 0 Å². The summed E-state index contributed by atoms with van der Waals surface area (Å²) in [5.41, 5.74) is 0. The summed E-state index contributed by atoms with van der Waals surface area (Å²) in [5.74, 6) is 0. The van der Waals surface area contributed by atoms with E-state index in [0.29, 0.717) is 0 Å². The fourth-order valence-electron chi connectivity index (χ4n) is 6.18. The molecule has 0 spiro atoms. The monoisotopic (exact) mass is 607 g/mol. The lowest BCUT2D eigenvalue weighted by molar-refractivity contribution is 0.0545. The summed E-state index contributed by atoms with van der Waals surface area (Å²) in [5, 5.41) is 0. The highest BCUT2D eigenvalue weighted by atomic mass is 31.3. The lowest BCUT2D eigenvalue weighted by Crippen LogP contribution is -2.46. The van der Waals surface area contributed by atoms with Gasteiger partial charge >= 0.3 is 0 Å². The molecule has 222 valence electrons. The molecule has 0 aromatic carbocycles. The molecule has 17 heteroatoms. The minimum absolute atomic E-state index is 0.724. The van der Waals surface area contributed by atoms with E-state index in [1.54, 1.807) is 0 Å². The number of hydrogen-bond acceptors (Lipinski definition) is 14. The maximum absolute atomic E-state index is 6.15. The summed E-state index contributed by atoms with van der Waals surface area (Å²) in [4.78, 5) is 0. The van der Waals surface area contributed by atoms with Crippen LogP contribution in [0.2, 0.25) is 0 Å². The van der Waals surface area contributed by atoms with Crippen LogP contribution in [0.1, 0.15) is 0 Å². The maximum atomic E-state index is 6.15. The molecule has 0 bridgehead atoms. The van der Waals surface area contributed by atoms with E-state index >= 15 is 0 Å². The van der Waals surface area contributed by atoms with Crippen molar-refractivity contribution in [2.75, 3.05) is 145 Å². The molecule has 0 radical (unpaired) electrons. The number of nitrogens with zero attached hydrogens (tertiary/aromatic N) is 9. The first-order valence-electron chi connectivity index (χ1n) is 14.6. The van der Waals surface area contributed by atoms with E-state index in [1.165, 1.54) is 0 Å². The smallest absolute Gasteiger partial charge is 0.221 e. The Morgan fingerprint density at radius 1 is 0.282 bits per heavy atom. The first-order valence-corrected chi connectivity index (χ1v) is 19.4. The Balaban J connectivity index is 1.51. The average Bonchev–Trinajstić information content (AvgIpc) is 3.89. The van der Waals surface area contributed by atoms with Crippen LogP contribution in [0.4, 0.5) is 0 Å². The minimum atomic E-state index is -2.53. The van der Waals surface area contributed by atoms with Crippen molar-refractivity contribution in [3.63, 3.8) is 0 Å². The average molecular weight is 608 g/mol. The Kier molecular flexibility index (Phi) is 8.70. The van der Waals surface area contributed by atoms with Gasteiger partial charge in [0.15, 0.2) is 0 Å². The molecule has 0 amide bonds. The predicted octanol–water partition coefficient (Wildman–Crippen LogP) is 1.82. The van der Waals surface area contributed by atoms with Gasteiger partial charge in [0.1, 0.15) is 0 Å². The molecule has 6 saturated heterocycles. The topological polar surface area (TPSA) is 102 Å².